The monoisotopic (exact) mass is 373 g/mol. The fraction of sp³-hybridized carbons (Fsp3) is 0.350. The van der Waals surface area contributed by atoms with Crippen LogP contribution in [0.4, 0.5) is 11.4 Å². The first-order valence-electron chi connectivity index (χ1n) is 8.80. The minimum atomic E-state index is 0.0194. The van der Waals surface area contributed by atoms with Gasteiger partial charge in [0.05, 0.1) is 22.5 Å². The Balaban J connectivity index is 1.67. The number of hydrogen-bond donors (Lipinski definition) is 1. The van der Waals surface area contributed by atoms with E-state index in [1.165, 1.54) is 0 Å². The first-order chi connectivity index (χ1) is 12.5. The number of carbonyl (C=O) groups is 1. The first kappa shape index (κ1) is 18.4. The number of halogens is 1. The summed E-state index contributed by atoms with van der Waals surface area (Å²) in [6.07, 6.45) is 0.0741. The Morgan fingerprint density at radius 1 is 1.12 bits per heavy atom. The number of para-hydroxylation sites is 1. The third-order valence-electron chi connectivity index (χ3n) is 4.35. The lowest BCUT2D eigenvalue weighted by Gasteiger charge is -2.37. The Kier molecular flexibility index (Phi) is 5.57. The Hall–Kier alpha value is -2.40. The molecule has 1 aliphatic heterocycles. The van der Waals surface area contributed by atoms with Gasteiger partial charge in [0.15, 0.2) is 0 Å². The molecule has 2 aromatic rings. The summed E-state index contributed by atoms with van der Waals surface area (Å²) in [5.74, 6) is 0.735. The van der Waals surface area contributed by atoms with Crippen LogP contribution in [0.2, 0.25) is 5.02 Å². The molecule has 1 amide bonds. The summed E-state index contributed by atoms with van der Waals surface area (Å²) < 4.78 is 5.69. The van der Waals surface area contributed by atoms with Crippen LogP contribution >= 0.6 is 11.6 Å². The zero-order valence-corrected chi connectivity index (χ0v) is 15.9. The van der Waals surface area contributed by atoms with Crippen molar-refractivity contribution < 1.29 is 9.53 Å². The number of piperazine rings is 1. The van der Waals surface area contributed by atoms with Crippen LogP contribution in [-0.2, 0) is 0 Å². The van der Waals surface area contributed by atoms with Gasteiger partial charge < -0.3 is 20.3 Å². The lowest BCUT2D eigenvalue weighted by Crippen LogP contribution is -2.49. The molecule has 2 N–H and O–H groups in total. The van der Waals surface area contributed by atoms with Gasteiger partial charge in [0.2, 0.25) is 0 Å². The molecular formula is C20H24ClN3O2. The summed E-state index contributed by atoms with van der Waals surface area (Å²) in [7, 11) is 0. The van der Waals surface area contributed by atoms with E-state index in [0.29, 0.717) is 48.2 Å². The molecule has 3 rings (SSSR count). The van der Waals surface area contributed by atoms with Crippen molar-refractivity contribution in [3.05, 3.63) is 53.1 Å². The molecule has 26 heavy (non-hydrogen) atoms. The van der Waals surface area contributed by atoms with Crippen LogP contribution in [0.1, 0.15) is 24.2 Å². The van der Waals surface area contributed by atoms with Gasteiger partial charge in [0.25, 0.3) is 5.91 Å². The highest BCUT2D eigenvalue weighted by atomic mass is 35.5. The summed E-state index contributed by atoms with van der Waals surface area (Å²) in [6, 6.07) is 12.9. The van der Waals surface area contributed by atoms with E-state index >= 15 is 0 Å². The fourth-order valence-electron chi connectivity index (χ4n) is 3.16. The van der Waals surface area contributed by atoms with Gasteiger partial charge in [0.1, 0.15) is 5.75 Å². The van der Waals surface area contributed by atoms with Gasteiger partial charge in [-0.1, -0.05) is 23.7 Å². The molecule has 0 bridgehead atoms. The number of hydrogen-bond acceptors (Lipinski definition) is 4. The Labute approximate surface area is 159 Å². The van der Waals surface area contributed by atoms with Gasteiger partial charge in [-0.25, -0.2) is 0 Å². The molecule has 1 saturated heterocycles. The molecule has 0 saturated carbocycles. The molecule has 6 heteroatoms. The van der Waals surface area contributed by atoms with Gasteiger partial charge in [-0.05, 0) is 44.2 Å². The molecule has 0 radical (unpaired) electrons. The summed E-state index contributed by atoms with van der Waals surface area (Å²) in [6.45, 7) is 6.57. The van der Waals surface area contributed by atoms with Crippen LogP contribution in [0.15, 0.2) is 42.5 Å². The number of nitrogen functional groups attached to an aromatic ring is 1. The topological polar surface area (TPSA) is 58.8 Å². The smallest absolute Gasteiger partial charge is 0.254 e. The van der Waals surface area contributed by atoms with E-state index < -0.39 is 0 Å². The second-order valence-corrected chi connectivity index (χ2v) is 7.06. The molecular weight excluding hydrogens is 350 g/mol. The zero-order chi connectivity index (χ0) is 18.7. The van der Waals surface area contributed by atoms with Crippen molar-refractivity contribution in [3.63, 3.8) is 0 Å². The SMILES string of the molecule is CC(C)Oc1cccc(C(=O)N2CCN(c3c(N)cccc3Cl)CC2)c1. The molecule has 1 fully saturated rings. The third kappa shape index (κ3) is 4.05. The molecule has 138 valence electrons. The second kappa shape index (κ2) is 7.87. The van der Waals surface area contributed by atoms with E-state index in [1.54, 1.807) is 6.07 Å². The van der Waals surface area contributed by atoms with Gasteiger partial charge in [-0.2, -0.15) is 0 Å². The number of rotatable bonds is 4. The van der Waals surface area contributed by atoms with Crippen molar-refractivity contribution in [1.29, 1.82) is 0 Å². The van der Waals surface area contributed by atoms with Gasteiger partial charge in [0, 0.05) is 31.7 Å². The highest BCUT2D eigenvalue weighted by Gasteiger charge is 2.24. The molecule has 0 spiro atoms. The predicted molar refractivity (Wildman–Crippen MR) is 106 cm³/mol. The van der Waals surface area contributed by atoms with Gasteiger partial charge >= 0.3 is 0 Å². The van der Waals surface area contributed by atoms with Crippen LogP contribution in [0.25, 0.3) is 0 Å². The predicted octanol–water partition coefficient (Wildman–Crippen LogP) is 3.67. The molecule has 1 heterocycles. The van der Waals surface area contributed by atoms with E-state index in [1.807, 2.05) is 55.1 Å². The third-order valence-corrected chi connectivity index (χ3v) is 4.66. The largest absolute Gasteiger partial charge is 0.491 e. The van der Waals surface area contributed by atoms with Crippen LogP contribution in [-0.4, -0.2) is 43.1 Å². The van der Waals surface area contributed by atoms with Gasteiger partial charge in [-0.3, -0.25) is 4.79 Å². The minimum absolute atomic E-state index is 0.0194. The van der Waals surface area contributed by atoms with E-state index in [-0.39, 0.29) is 12.0 Å². The molecule has 0 aromatic heterocycles. The number of amides is 1. The maximum Gasteiger partial charge on any atom is 0.254 e. The maximum atomic E-state index is 12.8. The van der Waals surface area contributed by atoms with E-state index in [0.717, 1.165) is 5.69 Å². The zero-order valence-electron chi connectivity index (χ0n) is 15.1. The first-order valence-corrected chi connectivity index (χ1v) is 9.18. The second-order valence-electron chi connectivity index (χ2n) is 6.65. The number of benzene rings is 2. The standard InChI is InChI=1S/C20H24ClN3O2/c1-14(2)26-16-6-3-5-15(13-16)20(25)24-11-9-23(10-12-24)19-17(21)7-4-8-18(19)22/h3-8,13-14H,9-12,22H2,1-2H3. The fourth-order valence-corrected chi connectivity index (χ4v) is 3.46. The van der Waals surface area contributed by atoms with Crippen molar-refractivity contribution >= 4 is 28.9 Å². The Morgan fingerprint density at radius 3 is 2.46 bits per heavy atom. The summed E-state index contributed by atoms with van der Waals surface area (Å²) in [4.78, 5) is 16.8. The molecule has 0 aliphatic carbocycles. The highest BCUT2D eigenvalue weighted by Crippen LogP contribution is 2.32. The van der Waals surface area contributed by atoms with Crippen LogP contribution in [0.3, 0.4) is 0 Å². The summed E-state index contributed by atoms with van der Waals surface area (Å²) >= 11 is 6.30. The van der Waals surface area contributed by atoms with Crippen LogP contribution < -0.4 is 15.4 Å². The molecule has 5 nitrogen and oxygen atoms in total. The van der Waals surface area contributed by atoms with Crippen molar-refractivity contribution in [1.82, 2.24) is 4.90 Å². The minimum Gasteiger partial charge on any atom is -0.491 e. The average molecular weight is 374 g/mol. The average Bonchev–Trinajstić information content (AvgIpc) is 2.61. The number of anilines is 2. The molecule has 1 aliphatic rings. The summed E-state index contributed by atoms with van der Waals surface area (Å²) in [5, 5.41) is 0.642. The molecule has 0 atom stereocenters. The highest BCUT2D eigenvalue weighted by molar-refractivity contribution is 6.34. The Bertz CT molecular complexity index is 766. The lowest BCUT2D eigenvalue weighted by atomic mass is 10.1. The van der Waals surface area contributed by atoms with E-state index in [2.05, 4.69) is 4.90 Å². The van der Waals surface area contributed by atoms with Crippen molar-refractivity contribution in [2.45, 2.75) is 20.0 Å². The Morgan fingerprint density at radius 2 is 1.81 bits per heavy atom. The number of ether oxygens (including phenoxy) is 1. The molecule has 2 aromatic carbocycles. The number of carbonyl (C=O) groups excluding carboxylic acids is 1. The van der Waals surface area contributed by atoms with Crippen molar-refractivity contribution in [3.8, 4) is 5.75 Å². The molecule has 0 unspecified atom stereocenters. The normalized spacial score (nSPS) is 14.6. The van der Waals surface area contributed by atoms with Gasteiger partial charge in [-0.15, -0.1) is 0 Å². The number of nitrogens with two attached hydrogens (primary N) is 1. The lowest BCUT2D eigenvalue weighted by molar-refractivity contribution is 0.0746. The van der Waals surface area contributed by atoms with E-state index in [4.69, 9.17) is 22.1 Å². The maximum absolute atomic E-state index is 12.8. The van der Waals surface area contributed by atoms with Crippen molar-refractivity contribution in [2.75, 3.05) is 36.8 Å². The van der Waals surface area contributed by atoms with Crippen molar-refractivity contribution in [2.24, 2.45) is 0 Å². The quantitative estimate of drug-likeness (QED) is 0.831. The van der Waals surface area contributed by atoms with Crippen LogP contribution in [0, 0.1) is 0 Å². The number of nitrogens with zero attached hydrogens (tertiary/aromatic N) is 2. The van der Waals surface area contributed by atoms with E-state index in [9.17, 15) is 4.79 Å². The van der Waals surface area contributed by atoms with Crippen LogP contribution in [0.5, 0.6) is 5.75 Å². The summed E-state index contributed by atoms with van der Waals surface area (Å²) in [5.41, 5.74) is 8.24.